The van der Waals surface area contributed by atoms with Crippen molar-refractivity contribution in [2.24, 2.45) is 5.92 Å². The van der Waals surface area contributed by atoms with Crippen LogP contribution in [0.2, 0.25) is 0 Å². The number of nitrogens with one attached hydrogen (secondary N) is 1. The maximum Gasteiger partial charge on any atom is 0.326 e. The van der Waals surface area contributed by atoms with Gasteiger partial charge in [-0.05, 0) is 24.3 Å². The van der Waals surface area contributed by atoms with Crippen LogP contribution in [0.25, 0.3) is 0 Å². The smallest absolute Gasteiger partial charge is 0.326 e. The average Bonchev–Trinajstić information content (AvgIpc) is 2.87. The van der Waals surface area contributed by atoms with E-state index < -0.39 is 28.1 Å². The first kappa shape index (κ1) is 17.1. The number of hydrogen-bond donors (Lipinski definition) is 2. The van der Waals surface area contributed by atoms with Crippen molar-refractivity contribution < 1.29 is 23.1 Å². The third-order valence-corrected chi connectivity index (χ3v) is 5.18. The van der Waals surface area contributed by atoms with E-state index in [-0.39, 0.29) is 16.7 Å². The van der Waals surface area contributed by atoms with E-state index in [1.165, 1.54) is 13.0 Å². The van der Waals surface area contributed by atoms with Crippen molar-refractivity contribution in [3.63, 3.8) is 0 Å². The van der Waals surface area contributed by atoms with E-state index >= 15 is 0 Å². The van der Waals surface area contributed by atoms with Gasteiger partial charge in [-0.2, -0.15) is 4.72 Å². The van der Waals surface area contributed by atoms with E-state index in [1.54, 1.807) is 11.4 Å². The fraction of sp³-hybridized carbons (Fsp3) is 0.583. The Kier molecular flexibility index (Phi) is 6.12. The van der Waals surface area contributed by atoms with Gasteiger partial charge in [0, 0.05) is 0 Å². The molecule has 0 radical (unpaired) electrons. The predicted octanol–water partition coefficient (Wildman–Crippen LogP) is 0.975. The van der Waals surface area contributed by atoms with Gasteiger partial charge in [0.25, 0.3) is 10.0 Å². The highest BCUT2D eigenvalue weighted by Gasteiger charge is 2.31. The molecule has 0 saturated carbocycles. The largest absolute Gasteiger partial charge is 0.464 e. The zero-order valence-electron chi connectivity index (χ0n) is 11.6. The van der Waals surface area contributed by atoms with Gasteiger partial charge in [0.2, 0.25) is 0 Å². The number of aliphatic hydroxyl groups excluding tert-OH is 1. The molecule has 1 aromatic heterocycles. The van der Waals surface area contributed by atoms with Gasteiger partial charge in [-0.3, -0.25) is 4.79 Å². The minimum Gasteiger partial charge on any atom is -0.464 e. The molecule has 0 amide bonds. The van der Waals surface area contributed by atoms with Crippen LogP contribution in [0.5, 0.6) is 0 Å². The van der Waals surface area contributed by atoms with Gasteiger partial charge < -0.3 is 9.84 Å². The molecule has 20 heavy (non-hydrogen) atoms. The van der Waals surface area contributed by atoms with Gasteiger partial charge in [0.1, 0.15) is 10.3 Å². The average molecular weight is 321 g/mol. The van der Waals surface area contributed by atoms with Crippen LogP contribution in [0, 0.1) is 5.92 Å². The second-order valence-corrected chi connectivity index (χ2v) is 7.68. The van der Waals surface area contributed by atoms with E-state index in [1.807, 2.05) is 13.8 Å². The monoisotopic (exact) mass is 321 g/mol. The van der Waals surface area contributed by atoms with Crippen molar-refractivity contribution in [3.8, 4) is 0 Å². The Balaban J connectivity index is 2.80. The molecular weight excluding hydrogens is 302 g/mol. The molecule has 0 aliphatic carbocycles. The molecule has 8 heteroatoms. The summed E-state index contributed by atoms with van der Waals surface area (Å²) in [6.07, 6.45) is -1.19. The zero-order chi connectivity index (χ0) is 15.3. The molecule has 0 aliphatic heterocycles. The maximum absolute atomic E-state index is 12.0. The van der Waals surface area contributed by atoms with Gasteiger partial charge in [0.15, 0.2) is 0 Å². The molecule has 2 N–H and O–H groups in total. The molecule has 0 bridgehead atoms. The molecule has 2 unspecified atom stereocenters. The summed E-state index contributed by atoms with van der Waals surface area (Å²) in [7, 11) is -3.84. The second kappa shape index (κ2) is 7.16. The lowest BCUT2D eigenvalue weighted by molar-refractivity contribution is -0.149. The third-order valence-electron chi connectivity index (χ3n) is 2.34. The van der Waals surface area contributed by atoms with E-state index in [4.69, 9.17) is 4.74 Å². The summed E-state index contributed by atoms with van der Waals surface area (Å²) in [6.45, 7) is 5.22. The summed E-state index contributed by atoms with van der Waals surface area (Å²) in [6, 6.07) is 1.69. The molecule has 0 saturated heterocycles. The number of aliphatic hydroxyl groups is 1. The predicted molar refractivity (Wildman–Crippen MR) is 75.9 cm³/mol. The number of thiophene rings is 1. The van der Waals surface area contributed by atoms with Crippen molar-refractivity contribution in [2.45, 2.75) is 37.1 Å². The minimum atomic E-state index is -3.84. The Morgan fingerprint density at radius 1 is 1.45 bits per heavy atom. The SMILES string of the molecule is CC(C)COC(=O)C(NS(=O)(=O)c1cccs1)C(C)O. The molecule has 1 rings (SSSR count). The van der Waals surface area contributed by atoms with Crippen molar-refractivity contribution in [1.82, 2.24) is 4.72 Å². The number of carbonyl (C=O) groups is 1. The highest BCUT2D eigenvalue weighted by molar-refractivity contribution is 7.91. The van der Waals surface area contributed by atoms with E-state index in [0.29, 0.717) is 0 Å². The van der Waals surface area contributed by atoms with Crippen LogP contribution in [0.1, 0.15) is 20.8 Å². The van der Waals surface area contributed by atoms with Crippen molar-refractivity contribution in [3.05, 3.63) is 17.5 Å². The molecule has 0 spiro atoms. The van der Waals surface area contributed by atoms with Crippen LogP contribution in [0.3, 0.4) is 0 Å². The van der Waals surface area contributed by atoms with E-state index in [0.717, 1.165) is 11.3 Å². The highest BCUT2D eigenvalue weighted by atomic mass is 32.2. The number of hydrogen-bond acceptors (Lipinski definition) is 6. The Labute approximate surface area is 122 Å². The van der Waals surface area contributed by atoms with E-state index in [2.05, 4.69) is 4.72 Å². The van der Waals surface area contributed by atoms with Crippen LogP contribution >= 0.6 is 11.3 Å². The lowest BCUT2D eigenvalue weighted by Crippen LogP contribution is -2.48. The van der Waals surface area contributed by atoms with Gasteiger partial charge in [-0.25, -0.2) is 8.42 Å². The Morgan fingerprint density at radius 2 is 2.10 bits per heavy atom. The van der Waals surface area contributed by atoms with Gasteiger partial charge in [-0.1, -0.05) is 19.9 Å². The standard InChI is InChI=1S/C12H19NO5S2/c1-8(2)7-18-12(15)11(9(3)14)13-20(16,17)10-5-4-6-19-10/h4-6,8-9,11,13-14H,7H2,1-3H3. The quantitative estimate of drug-likeness (QED) is 0.730. The molecule has 1 heterocycles. The van der Waals surface area contributed by atoms with Crippen molar-refractivity contribution in [1.29, 1.82) is 0 Å². The first-order chi connectivity index (χ1) is 9.24. The summed E-state index contributed by atoms with van der Waals surface area (Å²) in [4.78, 5) is 11.8. The van der Waals surface area contributed by atoms with Crippen LogP contribution in [0.4, 0.5) is 0 Å². The highest BCUT2D eigenvalue weighted by Crippen LogP contribution is 2.16. The minimum absolute atomic E-state index is 0.0832. The zero-order valence-corrected chi connectivity index (χ0v) is 13.2. The molecule has 6 nitrogen and oxygen atoms in total. The number of ether oxygens (including phenoxy) is 1. The van der Waals surface area contributed by atoms with Crippen molar-refractivity contribution >= 4 is 27.3 Å². The fourth-order valence-electron chi connectivity index (χ4n) is 1.32. The molecule has 0 fully saturated rings. The number of carbonyl (C=O) groups excluding carboxylic acids is 1. The lowest BCUT2D eigenvalue weighted by Gasteiger charge is -2.20. The van der Waals surface area contributed by atoms with Crippen LogP contribution in [0.15, 0.2) is 21.7 Å². The number of rotatable bonds is 7. The maximum atomic E-state index is 12.0. The number of esters is 1. The Morgan fingerprint density at radius 3 is 2.55 bits per heavy atom. The van der Waals surface area contributed by atoms with Gasteiger partial charge >= 0.3 is 5.97 Å². The number of sulfonamides is 1. The molecule has 0 aliphatic rings. The first-order valence-electron chi connectivity index (χ1n) is 6.14. The summed E-state index contributed by atoms with van der Waals surface area (Å²) in [5.41, 5.74) is 0. The molecule has 0 aromatic carbocycles. The van der Waals surface area contributed by atoms with Gasteiger partial charge in [-0.15, -0.1) is 11.3 Å². The molecule has 2 atom stereocenters. The van der Waals surface area contributed by atoms with Crippen LogP contribution in [-0.2, 0) is 19.6 Å². The van der Waals surface area contributed by atoms with Gasteiger partial charge in [0.05, 0.1) is 12.7 Å². The van der Waals surface area contributed by atoms with Crippen LogP contribution in [-0.4, -0.2) is 38.2 Å². The summed E-state index contributed by atoms with van der Waals surface area (Å²) < 4.78 is 31.3. The first-order valence-corrected chi connectivity index (χ1v) is 8.51. The lowest BCUT2D eigenvalue weighted by atomic mass is 10.2. The Bertz CT molecular complexity index is 522. The topological polar surface area (TPSA) is 92.7 Å². The summed E-state index contributed by atoms with van der Waals surface area (Å²) in [5.74, 6) is -0.656. The molecule has 114 valence electrons. The summed E-state index contributed by atoms with van der Waals surface area (Å²) in [5, 5.41) is 11.2. The van der Waals surface area contributed by atoms with Crippen molar-refractivity contribution in [2.75, 3.05) is 6.61 Å². The third kappa shape index (κ3) is 4.86. The van der Waals surface area contributed by atoms with Crippen LogP contribution < -0.4 is 4.72 Å². The normalized spacial score (nSPS) is 15.1. The Hall–Kier alpha value is -0.960. The van der Waals surface area contributed by atoms with E-state index in [9.17, 15) is 18.3 Å². The summed E-state index contributed by atoms with van der Waals surface area (Å²) >= 11 is 1.03. The second-order valence-electron chi connectivity index (χ2n) is 4.80. The molecule has 1 aromatic rings. The fourth-order valence-corrected chi connectivity index (χ4v) is 3.59. The molecular formula is C12H19NO5S2.